The molecule has 3 N–H and O–H groups in total. The monoisotopic (exact) mass is 507 g/mol. The van der Waals surface area contributed by atoms with Crippen LogP contribution in [0.5, 0.6) is 0 Å². The molecule has 0 unspecified atom stereocenters. The standard InChI is InChI=1S/C24H29ClFN5O4/c1-10(2)31-15-7-12(6-14(26)19(15)28-22(31)24(4,5)33)18-13(25)8-27-23(30-18)29-17-11(3)16-9-34-21(35-16)20(17)32/h6-8,10-11,16-17,20-21,32-33H,9H2,1-5H3,(H,27,29,30)/t11-,16-,17-,20+,21-/m1/s1/i9D2. The maximum Gasteiger partial charge on any atom is 0.223 e. The predicted octanol–water partition coefficient (Wildman–Crippen LogP) is 3.63. The summed E-state index contributed by atoms with van der Waals surface area (Å²) >= 11 is 6.43. The molecule has 0 radical (unpaired) electrons. The van der Waals surface area contributed by atoms with Crippen LogP contribution < -0.4 is 5.32 Å². The molecule has 5 atom stereocenters. The van der Waals surface area contributed by atoms with Crippen molar-refractivity contribution < 1.29 is 26.8 Å². The topological polar surface area (TPSA) is 115 Å². The molecule has 1 aromatic carbocycles. The highest BCUT2D eigenvalue weighted by Crippen LogP contribution is 2.36. The maximum absolute atomic E-state index is 15.3. The molecular formula is C24H29ClFN5O4. The zero-order chi connectivity index (χ0) is 27.0. The Balaban J connectivity index is 1.55. The van der Waals surface area contributed by atoms with E-state index in [1.165, 1.54) is 12.3 Å². The Labute approximate surface area is 210 Å². The number of anilines is 1. The van der Waals surface area contributed by atoms with E-state index in [9.17, 15) is 10.2 Å². The molecule has 0 amide bonds. The van der Waals surface area contributed by atoms with Crippen LogP contribution in [0.1, 0.15) is 49.2 Å². The largest absolute Gasteiger partial charge is 0.386 e. The Morgan fingerprint density at radius 2 is 2.09 bits per heavy atom. The summed E-state index contributed by atoms with van der Waals surface area (Å²) < 4.78 is 43.9. The third-order valence-electron chi connectivity index (χ3n) is 6.40. The first-order chi connectivity index (χ1) is 17.2. The lowest BCUT2D eigenvalue weighted by atomic mass is 9.90. The molecule has 0 aliphatic carbocycles. The van der Waals surface area contributed by atoms with Crippen molar-refractivity contribution in [3.05, 3.63) is 35.0 Å². The lowest BCUT2D eigenvalue weighted by Gasteiger charge is -2.37. The van der Waals surface area contributed by atoms with E-state index >= 15 is 4.39 Å². The number of fused-ring (bicyclic) bond motifs is 3. The summed E-state index contributed by atoms with van der Waals surface area (Å²) in [6, 6.07) is 2.20. The van der Waals surface area contributed by atoms with E-state index in [1.54, 1.807) is 31.4 Å². The second-order valence-electron chi connectivity index (χ2n) is 9.85. The van der Waals surface area contributed by atoms with Crippen molar-refractivity contribution in [2.45, 2.75) is 70.8 Å². The highest BCUT2D eigenvalue weighted by molar-refractivity contribution is 6.33. The Morgan fingerprint density at radius 3 is 2.77 bits per heavy atom. The molecule has 3 aromatic rings. The van der Waals surface area contributed by atoms with Gasteiger partial charge in [0.25, 0.3) is 0 Å². The van der Waals surface area contributed by atoms with Crippen LogP contribution in [0.25, 0.3) is 22.3 Å². The maximum atomic E-state index is 15.3. The minimum Gasteiger partial charge on any atom is -0.386 e. The second kappa shape index (κ2) is 8.63. The number of nitrogens with one attached hydrogen (secondary N) is 1. The number of aliphatic hydroxyl groups is 2. The van der Waals surface area contributed by atoms with E-state index in [1.807, 2.05) is 13.8 Å². The summed E-state index contributed by atoms with van der Waals surface area (Å²) in [4.78, 5) is 13.1. The first kappa shape index (κ1) is 21.9. The molecule has 0 spiro atoms. The number of aromatic nitrogens is 4. The van der Waals surface area contributed by atoms with Crippen LogP contribution in [0.2, 0.25) is 5.02 Å². The number of rotatable bonds is 5. The van der Waals surface area contributed by atoms with Crippen LogP contribution in [0, 0.1) is 11.7 Å². The molecule has 0 saturated carbocycles. The Bertz CT molecular complexity index is 1370. The summed E-state index contributed by atoms with van der Waals surface area (Å²) in [6.45, 7) is 6.73. The minimum atomic E-state index is -2.04. The molecule has 9 nitrogen and oxygen atoms in total. The van der Waals surface area contributed by atoms with Gasteiger partial charge in [-0.05, 0) is 39.8 Å². The number of halogens is 2. The van der Waals surface area contributed by atoms with E-state index in [4.69, 9.17) is 23.8 Å². The summed E-state index contributed by atoms with van der Waals surface area (Å²) in [5, 5.41) is 24.6. The molecule has 11 heteroatoms. The molecule has 2 fully saturated rings. The average Bonchev–Trinajstić information content (AvgIpc) is 3.33. The van der Waals surface area contributed by atoms with Gasteiger partial charge >= 0.3 is 0 Å². The van der Waals surface area contributed by atoms with E-state index in [0.717, 1.165) is 0 Å². The summed E-state index contributed by atoms with van der Waals surface area (Å²) in [6.07, 6.45) is -1.82. The van der Waals surface area contributed by atoms with Crippen molar-refractivity contribution >= 4 is 28.6 Å². The van der Waals surface area contributed by atoms with Crippen molar-refractivity contribution in [2.75, 3.05) is 11.9 Å². The van der Waals surface area contributed by atoms with Gasteiger partial charge in [-0.1, -0.05) is 18.5 Å². The number of ether oxygens (including phenoxy) is 2. The lowest BCUT2D eigenvalue weighted by molar-refractivity contribution is -0.170. The average molecular weight is 508 g/mol. The van der Waals surface area contributed by atoms with Crippen molar-refractivity contribution in [1.29, 1.82) is 0 Å². The first-order valence-corrected chi connectivity index (χ1v) is 11.8. The highest BCUT2D eigenvalue weighted by Gasteiger charge is 2.48. The zero-order valence-electron chi connectivity index (χ0n) is 22.0. The molecule has 2 aromatic heterocycles. The van der Waals surface area contributed by atoms with Crippen molar-refractivity contribution in [1.82, 2.24) is 19.5 Å². The molecule has 2 aliphatic rings. The SMILES string of the molecule is [2H]C1([2H])O[C@@H]2O[C@H]1[C@@H](C)[C@@H](Nc1ncc(Cl)c(-c3cc(F)c4nc(C(C)(C)O)n(C(C)C)c4c3)n1)[C@@H]2O. The fourth-order valence-corrected chi connectivity index (χ4v) is 4.83. The van der Waals surface area contributed by atoms with E-state index in [0.29, 0.717) is 16.9 Å². The predicted molar refractivity (Wildman–Crippen MR) is 129 cm³/mol. The molecule has 35 heavy (non-hydrogen) atoms. The quantitative estimate of drug-likeness (QED) is 0.479. The van der Waals surface area contributed by atoms with Gasteiger partial charge in [0.2, 0.25) is 5.95 Å². The molecule has 2 aliphatic heterocycles. The van der Waals surface area contributed by atoms with Gasteiger partial charge < -0.3 is 29.6 Å². The molecular weight excluding hydrogens is 477 g/mol. The summed E-state index contributed by atoms with van der Waals surface area (Å²) in [5.74, 6) is -0.622. The Kier molecular flexibility index (Phi) is 5.40. The molecule has 5 rings (SSSR count). The van der Waals surface area contributed by atoms with Gasteiger partial charge in [0.1, 0.15) is 23.0 Å². The fourth-order valence-electron chi connectivity index (χ4n) is 4.63. The summed E-state index contributed by atoms with van der Waals surface area (Å²) in [7, 11) is 0. The Morgan fingerprint density at radius 1 is 1.34 bits per heavy atom. The van der Waals surface area contributed by atoms with Crippen LogP contribution >= 0.6 is 11.6 Å². The van der Waals surface area contributed by atoms with Crippen LogP contribution in [-0.4, -0.2) is 60.8 Å². The molecule has 4 heterocycles. The minimum absolute atomic E-state index is 0.116. The van der Waals surface area contributed by atoms with E-state index < -0.39 is 48.4 Å². The molecule has 2 saturated heterocycles. The smallest absolute Gasteiger partial charge is 0.223 e. The number of imidazole rings is 1. The van der Waals surface area contributed by atoms with Gasteiger partial charge in [-0.2, -0.15) is 0 Å². The Hall–Kier alpha value is -2.37. The van der Waals surface area contributed by atoms with E-state index in [2.05, 4.69) is 20.3 Å². The molecule has 188 valence electrons. The molecule has 2 bridgehead atoms. The van der Waals surface area contributed by atoms with Crippen molar-refractivity contribution in [3.8, 4) is 11.3 Å². The van der Waals surface area contributed by atoms with Crippen molar-refractivity contribution in [3.63, 3.8) is 0 Å². The highest BCUT2D eigenvalue weighted by atomic mass is 35.5. The third-order valence-corrected chi connectivity index (χ3v) is 6.67. The van der Waals surface area contributed by atoms with Gasteiger partial charge in [-0.3, -0.25) is 0 Å². The van der Waals surface area contributed by atoms with Gasteiger partial charge in [-0.15, -0.1) is 0 Å². The second-order valence-corrected chi connectivity index (χ2v) is 10.3. The van der Waals surface area contributed by atoms with Crippen LogP contribution in [-0.2, 0) is 15.1 Å². The van der Waals surface area contributed by atoms with Crippen molar-refractivity contribution in [2.24, 2.45) is 5.92 Å². The van der Waals surface area contributed by atoms with Crippen LogP contribution in [0.4, 0.5) is 10.3 Å². The lowest BCUT2D eigenvalue weighted by Crippen LogP contribution is -2.53. The van der Waals surface area contributed by atoms with Gasteiger partial charge in [0.05, 0.1) is 43.9 Å². The fraction of sp³-hybridized carbons (Fsp3) is 0.542. The number of benzene rings is 1. The van der Waals surface area contributed by atoms with Gasteiger partial charge in [0.15, 0.2) is 12.1 Å². The normalized spacial score (nSPS) is 28.9. The van der Waals surface area contributed by atoms with E-state index in [-0.39, 0.29) is 28.2 Å². The number of hydrogen-bond donors (Lipinski definition) is 3. The van der Waals surface area contributed by atoms with Crippen LogP contribution in [0.3, 0.4) is 0 Å². The number of hydrogen-bond acceptors (Lipinski definition) is 8. The number of aliphatic hydroxyl groups excluding tert-OH is 1. The van der Waals surface area contributed by atoms with Gasteiger partial charge in [0, 0.05) is 17.5 Å². The van der Waals surface area contributed by atoms with Gasteiger partial charge in [-0.25, -0.2) is 19.3 Å². The zero-order valence-corrected chi connectivity index (χ0v) is 20.7. The number of nitrogens with zero attached hydrogens (tertiary/aromatic N) is 4. The summed E-state index contributed by atoms with van der Waals surface area (Å²) in [5.41, 5.74) is -0.0489. The first-order valence-electron chi connectivity index (χ1n) is 12.4. The van der Waals surface area contributed by atoms with Crippen LogP contribution in [0.15, 0.2) is 18.3 Å². The third kappa shape index (κ3) is 4.17.